The van der Waals surface area contributed by atoms with Crippen molar-refractivity contribution in [3.63, 3.8) is 0 Å². The molecule has 0 bridgehead atoms. The topological polar surface area (TPSA) is 58.6 Å². The lowest BCUT2D eigenvalue weighted by molar-refractivity contribution is -0.120. The average Bonchev–Trinajstić information content (AvgIpc) is 2.51. The number of nitrogens with one attached hydrogen (secondary N) is 1. The number of imide groups is 1. The fourth-order valence-electron chi connectivity index (χ4n) is 2.18. The van der Waals surface area contributed by atoms with Gasteiger partial charge in [-0.1, -0.05) is 0 Å². The first kappa shape index (κ1) is 15.5. The van der Waals surface area contributed by atoms with Crippen molar-refractivity contribution >= 4 is 33.6 Å². The minimum atomic E-state index is -0.444. The van der Waals surface area contributed by atoms with Crippen molar-refractivity contribution in [2.75, 3.05) is 11.4 Å². The van der Waals surface area contributed by atoms with Gasteiger partial charge in [-0.3, -0.25) is 15.0 Å². The van der Waals surface area contributed by atoms with Crippen LogP contribution in [0.25, 0.3) is 0 Å². The van der Waals surface area contributed by atoms with E-state index in [2.05, 4.69) is 21.2 Å². The maximum atomic E-state index is 12.9. The van der Waals surface area contributed by atoms with Gasteiger partial charge in [-0.2, -0.15) is 0 Å². The number of hydrogen-bond donors (Lipinski definition) is 1. The molecule has 2 aromatic carbocycles. The monoisotopic (exact) mass is 378 g/mol. The van der Waals surface area contributed by atoms with Crippen LogP contribution in [0.3, 0.4) is 0 Å². The molecule has 0 unspecified atom stereocenters. The number of urea groups is 1. The summed E-state index contributed by atoms with van der Waals surface area (Å²) in [6.07, 6.45) is 0.261. The Hall–Kier alpha value is -2.41. The Labute approximate surface area is 140 Å². The van der Waals surface area contributed by atoms with Crippen LogP contribution in [0.5, 0.6) is 11.5 Å². The van der Waals surface area contributed by atoms with Crippen molar-refractivity contribution in [3.8, 4) is 11.5 Å². The lowest BCUT2D eigenvalue weighted by Crippen LogP contribution is -2.49. The Kier molecular flexibility index (Phi) is 4.29. The molecule has 3 rings (SSSR count). The minimum absolute atomic E-state index is 0.261. The summed E-state index contributed by atoms with van der Waals surface area (Å²) in [6.45, 7) is 0.329. The second-order valence-corrected chi connectivity index (χ2v) is 5.78. The van der Waals surface area contributed by atoms with Gasteiger partial charge in [0.1, 0.15) is 17.3 Å². The number of rotatable bonds is 3. The molecule has 1 aliphatic heterocycles. The van der Waals surface area contributed by atoms with Crippen LogP contribution in [0.15, 0.2) is 46.9 Å². The highest BCUT2D eigenvalue weighted by Crippen LogP contribution is 2.33. The molecule has 23 heavy (non-hydrogen) atoms. The molecule has 2 aromatic rings. The Bertz CT molecular complexity index is 764. The molecule has 0 radical (unpaired) electrons. The molecule has 3 amide bonds. The van der Waals surface area contributed by atoms with Crippen molar-refractivity contribution in [1.82, 2.24) is 5.32 Å². The molecule has 5 nitrogen and oxygen atoms in total. The number of carbonyl (C=O) groups is 2. The smallest absolute Gasteiger partial charge is 0.328 e. The molecule has 0 saturated carbocycles. The van der Waals surface area contributed by atoms with E-state index in [0.29, 0.717) is 28.2 Å². The summed E-state index contributed by atoms with van der Waals surface area (Å²) in [5, 5.41) is 2.27. The molecular weight excluding hydrogens is 367 g/mol. The van der Waals surface area contributed by atoms with Gasteiger partial charge in [-0.15, -0.1) is 0 Å². The molecule has 1 saturated heterocycles. The number of halogens is 2. The van der Waals surface area contributed by atoms with Crippen molar-refractivity contribution in [2.45, 2.75) is 6.42 Å². The summed E-state index contributed by atoms with van der Waals surface area (Å²) < 4.78 is 19.2. The normalized spacial score (nSPS) is 14.6. The van der Waals surface area contributed by atoms with Crippen LogP contribution >= 0.6 is 15.9 Å². The average molecular weight is 379 g/mol. The van der Waals surface area contributed by atoms with Crippen LogP contribution in [-0.4, -0.2) is 18.5 Å². The quantitative estimate of drug-likeness (QED) is 0.882. The lowest BCUT2D eigenvalue weighted by atomic mass is 10.2. The van der Waals surface area contributed by atoms with E-state index in [0.717, 1.165) is 0 Å². The number of nitrogens with zero attached hydrogens (tertiary/aromatic N) is 1. The summed E-state index contributed by atoms with van der Waals surface area (Å²) in [7, 11) is 0. The fourth-order valence-corrected chi connectivity index (χ4v) is 2.63. The number of hydrogen-bond acceptors (Lipinski definition) is 3. The predicted octanol–water partition coefficient (Wildman–Crippen LogP) is 3.83. The van der Waals surface area contributed by atoms with Gasteiger partial charge >= 0.3 is 6.03 Å². The standard InChI is InChI=1S/C16H12BrFN2O3/c17-13-9-11(20-8-7-15(21)19-16(20)22)3-6-14(13)23-12-4-1-10(18)2-5-12/h1-6,9H,7-8H2,(H,19,21,22). The number of carbonyl (C=O) groups excluding carboxylic acids is 2. The van der Waals surface area contributed by atoms with Gasteiger partial charge < -0.3 is 4.74 Å². The van der Waals surface area contributed by atoms with Crippen LogP contribution in [0, 0.1) is 5.82 Å². The zero-order chi connectivity index (χ0) is 16.4. The lowest BCUT2D eigenvalue weighted by Gasteiger charge is -2.26. The van der Waals surface area contributed by atoms with E-state index in [-0.39, 0.29) is 18.1 Å². The number of benzene rings is 2. The highest BCUT2D eigenvalue weighted by Gasteiger charge is 2.24. The van der Waals surface area contributed by atoms with E-state index in [1.165, 1.54) is 29.2 Å². The van der Waals surface area contributed by atoms with Crippen molar-refractivity contribution < 1.29 is 18.7 Å². The van der Waals surface area contributed by atoms with Crippen LogP contribution in [0.4, 0.5) is 14.9 Å². The first-order chi connectivity index (χ1) is 11.0. The summed E-state index contributed by atoms with van der Waals surface area (Å²) in [5.41, 5.74) is 0.647. The van der Waals surface area contributed by atoms with E-state index in [4.69, 9.17) is 4.74 Å². The molecule has 0 atom stereocenters. The first-order valence-electron chi connectivity index (χ1n) is 6.87. The second kappa shape index (κ2) is 6.37. The van der Waals surface area contributed by atoms with E-state index < -0.39 is 6.03 Å². The SMILES string of the molecule is O=C1CCN(c2ccc(Oc3ccc(F)cc3)c(Br)c2)C(=O)N1. The summed E-state index contributed by atoms with van der Waals surface area (Å²) >= 11 is 3.39. The largest absolute Gasteiger partial charge is 0.456 e. The Morgan fingerprint density at radius 2 is 1.87 bits per heavy atom. The Morgan fingerprint density at radius 3 is 2.52 bits per heavy atom. The third kappa shape index (κ3) is 3.50. The highest BCUT2D eigenvalue weighted by molar-refractivity contribution is 9.10. The highest BCUT2D eigenvalue weighted by atomic mass is 79.9. The molecule has 118 valence electrons. The van der Waals surface area contributed by atoms with Crippen molar-refractivity contribution in [3.05, 3.63) is 52.8 Å². The van der Waals surface area contributed by atoms with Crippen LogP contribution in [0.1, 0.15) is 6.42 Å². The maximum Gasteiger partial charge on any atom is 0.328 e. The molecule has 0 spiro atoms. The molecular formula is C16H12BrFN2O3. The molecule has 7 heteroatoms. The molecule has 0 aromatic heterocycles. The maximum absolute atomic E-state index is 12.9. The van der Waals surface area contributed by atoms with Gasteiger partial charge in [-0.25, -0.2) is 9.18 Å². The molecule has 1 N–H and O–H groups in total. The van der Waals surface area contributed by atoms with E-state index >= 15 is 0 Å². The van der Waals surface area contributed by atoms with Gasteiger partial charge in [0.05, 0.1) is 4.47 Å². The Morgan fingerprint density at radius 1 is 1.13 bits per heavy atom. The van der Waals surface area contributed by atoms with Crippen LogP contribution < -0.4 is 15.0 Å². The number of ether oxygens (including phenoxy) is 1. The van der Waals surface area contributed by atoms with E-state index in [1.807, 2.05) is 0 Å². The number of amides is 3. The third-order valence-corrected chi connectivity index (χ3v) is 3.94. The van der Waals surface area contributed by atoms with Gasteiger partial charge in [0.25, 0.3) is 0 Å². The van der Waals surface area contributed by atoms with Gasteiger partial charge in [-0.05, 0) is 58.4 Å². The van der Waals surface area contributed by atoms with Gasteiger partial charge in [0.15, 0.2) is 0 Å². The van der Waals surface area contributed by atoms with Crippen LogP contribution in [0.2, 0.25) is 0 Å². The zero-order valence-corrected chi connectivity index (χ0v) is 13.5. The zero-order valence-electron chi connectivity index (χ0n) is 11.9. The van der Waals surface area contributed by atoms with Crippen LogP contribution in [-0.2, 0) is 4.79 Å². The third-order valence-electron chi connectivity index (χ3n) is 3.32. The van der Waals surface area contributed by atoms with E-state index in [1.54, 1.807) is 18.2 Å². The summed E-state index contributed by atoms with van der Waals surface area (Å²) in [4.78, 5) is 24.5. The molecule has 1 aliphatic rings. The van der Waals surface area contributed by atoms with E-state index in [9.17, 15) is 14.0 Å². The first-order valence-corrected chi connectivity index (χ1v) is 7.66. The minimum Gasteiger partial charge on any atom is -0.456 e. The van der Waals surface area contributed by atoms with Gasteiger partial charge in [0, 0.05) is 18.7 Å². The molecule has 1 heterocycles. The number of anilines is 1. The summed E-state index contributed by atoms with van der Waals surface area (Å²) in [5.74, 6) is 0.425. The van der Waals surface area contributed by atoms with Crippen molar-refractivity contribution in [2.24, 2.45) is 0 Å². The molecule has 1 fully saturated rings. The second-order valence-electron chi connectivity index (χ2n) is 4.93. The van der Waals surface area contributed by atoms with Gasteiger partial charge in [0.2, 0.25) is 5.91 Å². The fraction of sp³-hybridized carbons (Fsp3) is 0.125. The molecule has 0 aliphatic carbocycles. The Balaban J connectivity index is 1.79. The van der Waals surface area contributed by atoms with Crippen molar-refractivity contribution in [1.29, 1.82) is 0 Å². The predicted molar refractivity (Wildman–Crippen MR) is 86.1 cm³/mol. The summed E-state index contributed by atoms with van der Waals surface area (Å²) in [6, 6.07) is 10.4.